The van der Waals surface area contributed by atoms with Crippen LogP contribution in [0.2, 0.25) is 0 Å². The summed E-state index contributed by atoms with van der Waals surface area (Å²) in [5.74, 6) is -5.65. The molecule has 4 aromatic rings. The van der Waals surface area contributed by atoms with Crippen LogP contribution < -0.4 is 16.0 Å². The van der Waals surface area contributed by atoms with Gasteiger partial charge in [0.15, 0.2) is 0 Å². The number of benzene rings is 2. The Labute approximate surface area is 261 Å². The van der Waals surface area contributed by atoms with E-state index < -0.39 is 24.3 Å². The van der Waals surface area contributed by atoms with E-state index in [0.29, 0.717) is 30.8 Å². The number of urea groups is 1. The zero-order valence-electron chi connectivity index (χ0n) is 23.9. The number of carbonyl (C=O) groups excluding carboxylic acids is 2. The van der Waals surface area contributed by atoms with E-state index in [2.05, 4.69) is 31.1 Å². The Morgan fingerprint density at radius 2 is 1.36 bits per heavy atom. The van der Waals surface area contributed by atoms with Crippen LogP contribution in [-0.4, -0.2) is 68.2 Å². The highest BCUT2D eigenvalue weighted by Gasteiger charge is 2.38. The van der Waals surface area contributed by atoms with Gasteiger partial charge in [0.2, 0.25) is 0 Å². The van der Waals surface area contributed by atoms with Gasteiger partial charge in [-0.3, -0.25) is 14.9 Å². The molecule has 0 aliphatic rings. The lowest BCUT2D eigenvalue weighted by Gasteiger charge is -2.09. The number of alkyl halides is 6. The summed E-state index contributed by atoms with van der Waals surface area (Å²) in [7, 11) is 0. The van der Waals surface area contributed by atoms with Gasteiger partial charge in [0.1, 0.15) is 0 Å². The molecular formula is C29H26F6N6O6. The van der Waals surface area contributed by atoms with E-state index in [1.807, 2.05) is 60.8 Å². The van der Waals surface area contributed by atoms with Crippen molar-refractivity contribution in [3.8, 4) is 11.1 Å². The summed E-state index contributed by atoms with van der Waals surface area (Å²) in [6.07, 6.45) is -4.20. The van der Waals surface area contributed by atoms with E-state index in [1.54, 1.807) is 24.5 Å². The highest BCUT2D eigenvalue weighted by atomic mass is 19.4. The predicted octanol–water partition coefficient (Wildman–Crippen LogP) is 5.03. The molecule has 0 saturated carbocycles. The zero-order chi connectivity index (χ0) is 35.0. The molecule has 6 N–H and O–H groups in total. The smallest absolute Gasteiger partial charge is 0.475 e. The van der Waals surface area contributed by atoms with Gasteiger partial charge in [-0.2, -0.15) is 31.4 Å². The van der Waals surface area contributed by atoms with Crippen molar-refractivity contribution in [2.45, 2.75) is 25.3 Å². The Morgan fingerprint density at radius 1 is 0.766 bits per heavy atom. The quantitative estimate of drug-likeness (QED) is 0.141. The van der Waals surface area contributed by atoms with E-state index in [4.69, 9.17) is 19.8 Å². The third-order valence-electron chi connectivity index (χ3n) is 5.52. The summed E-state index contributed by atoms with van der Waals surface area (Å²) in [5, 5.41) is 29.5. The number of pyridine rings is 1. The van der Waals surface area contributed by atoms with Crippen molar-refractivity contribution in [1.29, 1.82) is 0 Å². The molecule has 250 valence electrons. The molecule has 47 heavy (non-hydrogen) atoms. The SMILES string of the molecule is O=C(NCc1ccc(C(=O)NCCc2ccccn2)cc1)Nc1ccc(-c2cn[nH]c2)cc1.O=C(O)C(F)(F)F.O=C(O)C(F)(F)F. The van der Waals surface area contributed by atoms with Crippen LogP contribution in [0, 0.1) is 0 Å². The average molecular weight is 669 g/mol. The van der Waals surface area contributed by atoms with Crippen molar-refractivity contribution in [2.24, 2.45) is 0 Å². The normalized spacial score (nSPS) is 10.7. The van der Waals surface area contributed by atoms with Gasteiger partial charge in [0.05, 0.1) is 6.20 Å². The molecule has 0 aliphatic carbocycles. The van der Waals surface area contributed by atoms with Crippen molar-refractivity contribution in [3.05, 3.63) is 102 Å². The maximum absolute atomic E-state index is 12.3. The fraction of sp³-hybridized carbons (Fsp3) is 0.172. The Bertz CT molecular complexity index is 1560. The number of amides is 3. The molecule has 0 radical (unpaired) electrons. The molecule has 3 amide bonds. The van der Waals surface area contributed by atoms with Crippen LogP contribution in [0.25, 0.3) is 11.1 Å². The minimum Gasteiger partial charge on any atom is -0.475 e. The lowest BCUT2D eigenvalue weighted by Crippen LogP contribution is -2.28. The number of carboxylic acid groups (broad SMARTS) is 2. The minimum absolute atomic E-state index is 0.137. The first-order valence-electron chi connectivity index (χ1n) is 13.1. The van der Waals surface area contributed by atoms with Crippen LogP contribution in [0.5, 0.6) is 0 Å². The first kappa shape index (κ1) is 37.2. The van der Waals surface area contributed by atoms with Crippen molar-refractivity contribution < 1.29 is 55.7 Å². The molecule has 2 aromatic heterocycles. The Kier molecular flexibility index (Phi) is 13.9. The summed E-state index contributed by atoms with van der Waals surface area (Å²) < 4.78 is 63.5. The molecule has 0 spiro atoms. The fourth-order valence-corrected chi connectivity index (χ4v) is 3.24. The highest BCUT2D eigenvalue weighted by molar-refractivity contribution is 5.94. The van der Waals surface area contributed by atoms with Crippen molar-refractivity contribution in [3.63, 3.8) is 0 Å². The summed E-state index contributed by atoms with van der Waals surface area (Å²) >= 11 is 0. The number of hydrogen-bond acceptors (Lipinski definition) is 6. The number of carboxylic acids is 2. The summed E-state index contributed by atoms with van der Waals surface area (Å²) in [6, 6.07) is 20.1. The second-order valence-electron chi connectivity index (χ2n) is 9.00. The van der Waals surface area contributed by atoms with Crippen LogP contribution in [0.15, 0.2) is 85.3 Å². The Morgan fingerprint density at radius 3 is 1.85 bits per heavy atom. The van der Waals surface area contributed by atoms with E-state index in [9.17, 15) is 35.9 Å². The largest absolute Gasteiger partial charge is 0.490 e. The molecule has 2 aromatic carbocycles. The summed E-state index contributed by atoms with van der Waals surface area (Å²) in [5.41, 5.74) is 5.09. The average Bonchev–Trinajstić information content (AvgIpc) is 3.56. The van der Waals surface area contributed by atoms with Crippen LogP contribution >= 0.6 is 0 Å². The lowest BCUT2D eigenvalue weighted by molar-refractivity contribution is -0.193. The number of anilines is 1. The number of nitrogens with zero attached hydrogens (tertiary/aromatic N) is 2. The number of rotatable bonds is 8. The van der Waals surface area contributed by atoms with Crippen molar-refractivity contribution >= 4 is 29.6 Å². The zero-order valence-corrected chi connectivity index (χ0v) is 23.9. The van der Waals surface area contributed by atoms with E-state index in [-0.39, 0.29) is 11.9 Å². The second-order valence-corrected chi connectivity index (χ2v) is 9.00. The Hall–Kier alpha value is -5.94. The molecule has 0 unspecified atom stereocenters. The van der Waals surface area contributed by atoms with Gasteiger partial charge < -0.3 is 26.2 Å². The molecule has 4 rings (SSSR count). The monoisotopic (exact) mass is 668 g/mol. The predicted molar refractivity (Wildman–Crippen MR) is 154 cm³/mol. The van der Waals surface area contributed by atoms with E-state index in [1.165, 1.54) is 0 Å². The number of carbonyl (C=O) groups is 4. The first-order chi connectivity index (χ1) is 22.1. The van der Waals surface area contributed by atoms with Gasteiger partial charge in [-0.15, -0.1) is 0 Å². The number of aliphatic carboxylic acids is 2. The number of halogens is 6. The fourth-order valence-electron chi connectivity index (χ4n) is 3.24. The summed E-state index contributed by atoms with van der Waals surface area (Å²) in [6.45, 7) is 0.864. The third-order valence-corrected chi connectivity index (χ3v) is 5.52. The molecule has 0 fully saturated rings. The standard InChI is InChI=1S/C25H24N6O2.2C2HF3O2/c32-24(27-14-12-22-3-1-2-13-26-22)20-6-4-18(5-7-20)15-28-25(33)31-23-10-8-19(9-11-23)21-16-29-30-17-21;2*3-2(4,5)1(6)7/h1-11,13,16-17H,12,14-15H2,(H,27,32)(H,29,30)(H2,28,31,33);2*(H,6,7). The highest BCUT2D eigenvalue weighted by Crippen LogP contribution is 2.20. The van der Waals surface area contributed by atoms with Crippen molar-refractivity contribution in [1.82, 2.24) is 25.8 Å². The van der Waals surface area contributed by atoms with Gasteiger partial charge in [-0.05, 0) is 47.5 Å². The van der Waals surface area contributed by atoms with Crippen LogP contribution in [0.4, 0.5) is 36.8 Å². The lowest BCUT2D eigenvalue weighted by atomic mass is 10.1. The number of H-pyrrole nitrogens is 1. The van der Waals surface area contributed by atoms with Crippen LogP contribution in [-0.2, 0) is 22.6 Å². The molecule has 0 bridgehead atoms. The number of nitrogens with one attached hydrogen (secondary N) is 4. The van der Waals surface area contributed by atoms with E-state index >= 15 is 0 Å². The first-order valence-corrected chi connectivity index (χ1v) is 13.1. The second kappa shape index (κ2) is 17.5. The maximum atomic E-state index is 12.3. The molecule has 0 saturated heterocycles. The van der Waals surface area contributed by atoms with Gasteiger partial charge in [0, 0.05) is 54.4 Å². The van der Waals surface area contributed by atoms with Crippen molar-refractivity contribution in [2.75, 3.05) is 11.9 Å². The van der Waals surface area contributed by atoms with Gasteiger partial charge in [-0.25, -0.2) is 14.4 Å². The maximum Gasteiger partial charge on any atom is 0.490 e. The number of aromatic nitrogens is 3. The molecule has 0 aliphatic heterocycles. The van der Waals surface area contributed by atoms with Gasteiger partial charge >= 0.3 is 30.3 Å². The molecule has 2 heterocycles. The van der Waals surface area contributed by atoms with Gasteiger partial charge in [0.25, 0.3) is 5.91 Å². The molecule has 18 heteroatoms. The van der Waals surface area contributed by atoms with Gasteiger partial charge in [-0.1, -0.05) is 30.3 Å². The molecule has 0 atom stereocenters. The summed E-state index contributed by atoms with van der Waals surface area (Å²) in [4.78, 5) is 46.5. The number of hydrogen-bond donors (Lipinski definition) is 6. The Balaban J connectivity index is 0.000000459. The molecule has 12 nitrogen and oxygen atoms in total. The van der Waals surface area contributed by atoms with Crippen LogP contribution in [0.1, 0.15) is 21.6 Å². The number of aromatic amines is 1. The molecular weight excluding hydrogens is 642 g/mol. The van der Waals surface area contributed by atoms with E-state index in [0.717, 1.165) is 22.4 Å². The minimum atomic E-state index is -5.08. The van der Waals surface area contributed by atoms with Crippen LogP contribution in [0.3, 0.4) is 0 Å². The topological polar surface area (TPSA) is 186 Å². The third kappa shape index (κ3) is 14.1.